The molecule has 2 rings (SSSR count). The van der Waals surface area contributed by atoms with E-state index in [1.807, 2.05) is 18.4 Å². The third-order valence-corrected chi connectivity index (χ3v) is 2.27. The van der Waals surface area contributed by atoms with Gasteiger partial charge in [-0.2, -0.15) is 0 Å². The zero-order valence-electron chi connectivity index (χ0n) is 6.97. The molecule has 0 aliphatic carbocycles. The fraction of sp³-hybridized carbons (Fsp3) is 0.125. The van der Waals surface area contributed by atoms with Crippen LogP contribution in [0.25, 0.3) is 11.6 Å². The number of pyridine rings is 1. The van der Waals surface area contributed by atoms with Gasteiger partial charge in [0.2, 0.25) is 6.39 Å². The van der Waals surface area contributed by atoms with Gasteiger partial charge in [-0.25, -0.2) is 0 Å². The van der Waals surface area contributed by atoms with E-state index in [1.165, 1.54) is 6.39 Å². The first-order valence-electron chi connectivity index (χ1n) is 3.67. The molecule has 0 saturated carbocycles. The van der Waals surface area contributed by atoms with Crippen LogP contribution in [0.2, 0.25) is 0 Å². The van der Waals surface area contributed by atoms with Crippen LogP contribution in [0.15, 0.2) is 34.0 Å². The summed E-state index contributed by atoms with van der Waals surface area (Å²) in [6.45, 7) is 0. The number of aromatic nitrogens is 3. The van der Waals surface area contributed by atoms with Crippen LogP contribution in [0.3, 0.4) is 0 Å². The summed E-state index contributed by atoms with van der Waals surface area (Å²) < 4.78 is 5.03. The van der Waals surface area contributed by atoms with E-state index >= 15 is 0 Å². The molecule has 5 heteroatoms. The van der Waals surface area contributed by atoms with Crippen LogP contribution in [0, 0.1) is 0 Å². The van der Waals surface area contributed by atoms with Crippen LogP contribution in [0.5, 0.6) is 0 Å². The molecule has 0 saturated heterocycles. The Bertz CT molecular complexity index is 388. The first-order valence-corrected chi connectivity index (χ1v) is 4.89. The molecule has 0 aromatic carbocycles. The van der Waals surface area contributed by atoms with Crippen molar-refractivity contribution < 1.29 is 4.42 Å². The smallest absolute Gasteiger partial charge is 0.266 e. The van der Waals surface area contributed by atoms with Crippen LogP contribution in [-0.4, -0.2) is 21.4 Å². The molecule has 0 unspecified atom stereocenters. The Balaban J connectivity index is 2.41. The van der Waals surface area contributed by atoms with Gasteiger partial charge in [0, 0.05) is 11.1 Å². The fourth-order valence-electron chi connectivity index (χ4n) is 0.940. The molecule has 4 nitrogen and oxygen atoms in total. The lowest BCUT2D eigenvalue weighted by Gasteiger charge is -1.96. The lowest BCUT2D eigenvalue weighted by molar-refractivity contribution is 0.566. The summed E-state index contributed by atoms with van der Waals surface area (Å²) in [5.74, 6) is 0.455. The largest absolute Gasteiger partial charge is 0.422 e. The highest BCUT2D eigenvalue weighted by atomic mass is 32.2. The van der Waals surface area contributed by atoms with Crippen molar-refractivity contribution in [2.45, 2.75) is 4.90 Å². The Kier molecular flexibility index (Phi) is 2.27. The molecule has 0 bridgehead atoms. The summed E-state index contributed by atoms with van der Waals surface area (Å²) in [5, 5.41) is 7.36. The van der Waals surface area contributed by atoms with Crippen molar-refractivity contribution in [3.63, 3.8) is 0 Å². The molecule has 2 aromatic heterocycles. The third-order valence-electron chi connectivity index (χ3n) is 1.55. The highest BCUT2D eigenvalue weighted by Gasteiger charge is 2.04. The van der Waals surface area contributed by atoms with Crippen LogP contribution in [-0.2, 0) is 0 Å². The second kappa shape index (κ2) is 3.57. The van der Waals surface area contributed by atoms with Crippen molar-refractivity contribution in [2.75, 3.05) is 6.26 Å². The average molecular weight is 193 g/mol. The first-order chi connectivity index (χ1) is 6.40. The summed E-state index contributed by atoms with van der Waals surface area (Å²) in [5.41, 5.74) is 0.712. The van der Waals surface area contributed by atoms with E-state index in [9.17, 15) is 0 Å². The van der Waals surface area contributed by atoms with Gasteiger partial charge >= 0.3 is 0 Å². The lowest BCUT2D eigenvalue weighted by Crippen LogP contribution is -1.83. The molecular formula is C8H7N3OS. The van der Waals surface area contributed by atoms with E-state index in [-0.39, 0.29) is 0 Å². The van der Waals surface area contributed by atoms with Gasteiger partial charge in [-0.1, -0.05) is 0 Å². The average Bonchev–Trinajstić information content (AvgIpc) is 2.71. The number of thioether (sulfide) groups is 1. The standard InChI is InChI=1S/C8H7N3OS/c1-13-6-2-3-9-7(4-6)8-11-10-5-12-8/h2-5H,1H3. The van der Waals surface area contributed by atoms with Gasteiger partial charge in [0.1, 0.15) is 5.69 Å². The maximum atomic E-state index is 5.03. The SMILES string of the molecule is CSc1ccnc(-c2nnco2)c1. The van der Waals surface area contributed by atoms with Crippen LogP contribution in [0.4, 0.5) is 0 Å². The Hall–Kier alpha value is -1.36. The Morgan fingerprint density at radius 3 is 3.08 bits per heavy atom. The van der Waals surface area contributed by atoms with Crippen molar-refractivity contribution in [3.8, 4) is 11.6 Å². The first kappa shape index (κ1) is 8.25. The molecule has 66 valence electrons. The second-order valence-corrected chi connectivity index (χ2v) is 3.20. The van der Waals surface area contributed by atoms with Gasteiger partial charge < -0.3 is 4.42 Å². The van der Waals surface area contributed by atoms with Crippen molar-refractivity contribution in [3.05, 3.63) is 24.7 Å². The van der Waals surface area contributed by atoms with E-state index in [4.69, 9.17) is 4.42 Å². The van der Waals surface area contributed by atoms with E-state index in [0.29, 0.717) is 11.6 Å². The van der Waals surface area contributed by atoms with Crippen molar-refractivity contribution >= 4 is 11.8 Å². The molecule has 2 aromatic rings. The summed E-state index contributed by atoms with van der Waals surface area (Å²) in [6.07, 6.45) is 5.03. The minimum Gasteiger partial charge on any atom is -0.422 e. The summed E-state index contributed by atoms with van der Waals surface area (Å²) in [7, 11) is 0. The Labute approximate surface area is 79.4 Å². The number of hydrogen-bond acceptors (Lipinski definition) is 5. The predicted octanol–water partition coefficient (Wildman–Crippen LogP) is 1.85. The van der Waals surface area contributed by atoms with Gasteiger partial charge in [-0.05, 0) is 18.4 Å². The maximum absolute atomic E-state index is 5.03. The monoisotopic (exact) mass is 193 g/mol. The molecule has 0 fully saturated rings. The lowest BCUT2D eigenvalue weighted by atomic mass is 10.3. The Morgan fingerprint density at radius 1 is 1.46 bits per heavy atom. The van der Waals surface area contributed by atoms with Crippen LogP contribution in [0.1, 0.15) is 0 Å². The molecule has 0 aliphatic rings. The van der Waals surface area contributed by atoms with Crippen molar-refractivity contribution in [1.82, 2.24) is 15.2 Å². The van der Waals surface area contributed by atoms with Gasteiger partial charge in [0.05, 0.1) is 0 Å². The van der Waals surface area contributed by atoms with Crippen molar-refractivity contribution in [2.24, 2.45) is 0 Å². The molecule has 13 heavy (non-hydrogen) atoms. The van der Waals surface area contributed by atoms with E-state index in [1.54, 1.807) is 18.0 Å². The van der Waals surface area contributed by atoms with E-state index < -0.39 is 0 Å². The van der Waals surface area contributed by atoms with Crippen molar-refractivity contribution in [1.29, 1.82) is 0 Å². The number of nitrogens with zero attached hydrogens (tertiary/aromatic N) is 3. The summed E-state index contributed by atoms with van der Waals surface area (Å²) in [4.78, 5) is 5.25. The zero-order valence-corrected chi connectivity index (χ0v) is 7.78. The topological polar surface area (TPSA) is 51.8 Å². The highest BCUT2D eigenvalue weighted by molar-refractivity contribution is 7.98. The molecule has 0 atom stereocenters. The molecule has 2 heterocycles. The molecule has 0 radical (unpaired) electrons. The molecule has 0 amide bonds. The predicted molar refractivity (Wildman–Crippen MR) is 49.3 cm³/mol. The number of rotatable bonds is 2. The minimum absolute atomic E-state index is 0.455. The number of hydrogen-bond donors (Lipinski definition) is 0. The molecule has 0 N–H and O–H groups in total. The normalized spacial score (nSPS) is 10.2. The van der Waals surface area contributed by atoms with E-state index in [2.05, 4.69) is 15.2 Å². The quantitative estimate of drug-likeness (QED) is 0.681. The molecular weight excluding hydrogens is 186 g/mol. The van der Waals surface area contributed by atoms with E-state index in [0.717, 1.165) is 4.90 Å². The minimum atomic E-state index is 0.455. The van der Waals surface area contributed by atoms with Gasteiger partial charge in [-0.15, -0.1) is 22.0 Å². The molecule has 0 aliphatic heterocycles. The van der Waals surface area contributed by atoms with Gasteiger partial charge in [-0.3, -0.25) is 4.98 Å². The maximum Gasteiger partial charge on any atom is 0.266 e. The second-order valence-electron chi connectivity index (χ2n) is 2.32. The van der Waals surface area contributed by atoms with Gasteiger partial charge in [0.25, 0.3) is 5.89 Å². The highest BCUT2D eigenvalue weighted by Crippen LogP contribution is 2.19. The molecule has 0 spiro atoms. The third kappa shape index (κ3) is 1.70. The van der Waals surface area contributed by atoms with Crippen LogP contribution < -0.4 is 0 Å². The van der Waals surface area contributed by atoms with Crippen LogP contribution >= 0.6 is 11.8 Å². The summed E-state index contributed by atoms with van der Waals surface area (Å²) >= 11 is 1.65. The Morgan fingerprint density at radius 2 is 2.38 bits per heavy atom. The zero-order chi connectivity index (χ0) is 9.10. The fourth-order valence-corrected chi connectivity index (χ4v) is 1.37. The summed E-state index contributed by atoms with van der Waals surface area (Å²) in [6, 6.07) is 3.85. The van der Waals surface area contributed by atoms with Gasteiger partial charge in [0.15, 0.2) is 0 Å².